The molecule has 0 saturated carbocycles. The zero-order chi connectivity index (χ0) is 15.2. The van der Waals surface area contributed by atoms with Crippen LogP contribution in [0.5, 0.6) is 0 Å². The van der Waals surface area contributed by atoms with Gasteiger partial charge in [-0.1, -0.05) is 62.8 Å². The largest absolute Gasteiger partial charge is 0.385 e. The van der Waals surface area contributed by atoms with Crippen LogP contribution in [0.1, 0.15) is 39.0 Å². The van der Waals surface area contributed by atoms with Crippen LogP contribution >= 0.6 is 0 Å². The molecular weight excluding hydrogens is 252 g/mol. The van der Waals surface area contributed by atoms with Gasteiger partial charge in [0, 0.05) is 0 Å². The summed E-state index contributed by atoms with van der Waals surface area (Å²) in [6.07, 6.45) is 7.16. The summed E-state index contributed by atoms with van der Waals surface area (Å²) in [5.41, 5.74) is 0. The van der Waals surface area contributed by atoms with E-state index >= 15 is 0 Å². The van der Waals surface area contributed by atoms with Gasteiger partial charge in [0.15, 0.2) is 0 Å². The molecule has 0 unspecified atom stereocenters. The van der Waals surface area contributed by atoms with Crippen LogP contribution in [0.3, 0.4) is 0 Å². The third-order valence-corrected chi connectivity index (χ3v) is 2.61. The highest BCUT2D eigenvalue weighted by atomic mass is 16.3. The van der Waals surface area contributed by atoms with Gasteiger partial charge in [0.05, 0.1) is 0 Å². The molecule has 3 N–H and O–H groups in total. The van der Waals surface area contributed by atoms with Crippen LogP contribution < -0.4 is 0 Å². The normalized spacial score (nSPS) is 14.6. The van der Waals surface area contributed by atoms with Crippen LogP contribution in [-0.4, -0.2) is 33.6 Å². The van der Waals surface area contributed by atoms with Gasteiger partial charge in [0.2, 0.25) is 0 Å². The van der Waals surface area contributed by atoms with E-state index in [0.29, 0.717) is 0 Å². The molecular formula is C17H24O3. The molecule has 3 nitrogen and oxygen atoms in total. The molecule has 110 valence electrons. The molecule has 0 aromatic carbocycles. The Kier molecular flexibility index (Phi) is 11.6. The van der Waals surface area contributed by atoms with Crippen LogP contribution in [-0.2, 0) is 0 Å². The molecule has 0 aromatic heterocycles. The fourth-order valence-electron chi connectivity index (χ4n) is 1.39. The van der Waals surface area contributed by atoms with Crippen LogP contribution in [0, 0.1) is 23.7 Å². The molecule has 0 heterocycles. The monoisotopic (exact) mass is 276 g/mol. The van der Waals surface area contributed by atoms with Crippen LogP contribution in [0.15, 0.2) is 24.8 Å². The molecule has 0 amide bonds. The Balaban J connectivity index is 4.04. The molecule has 3 heteroatoms. The van der Waals surface area contributed by atoms with Gasteiger partial charge in [0.25, 0.3) is 0 Å². The third-order valence-electron chi connectivity index (χ3n) is 2.61. The van der Waals surface area contributed by atoms with E-state index in [-0.39, 0.29) is 0 Å². The van der Waals surface area contributed by atoms with Crippen molar-refractivity contribution in [3.63, 3.8) is 0 Å². The van der Waals surface area contributed by atoms with E-state index in [0.717, 1.165) is 12.8 Å². The molecule has 0 aromatic rings. The van der Waals surface area contributed by atoms with Gasteiger partial charge in [-0.2, -0.15) is 0 Å². The first-order valence-electron chi connectivity index (χ1n) is 6.96. The summed E-state index contributed by atoms with van der Waals surface area (Å²) in [5, 5.41) is 28.2. The second-order valence-corrected chi connectivity index (χ2v) is 4.43. The molecule has 0 aliphatic heterocycles. The average molecular weight is 276 g/mol. The fourth-order valence-corrected chi connectivity index (χ4v) is 1.39. The number of hydrogen-bond donors (Lipinski definition) is 3. The molecule has 0 saturated heterocycles. The second-order valence-electron chi connectivity index (χ2n) is 4.43. The molecule has 3 atom stereocenters. The van der Waals surface area contributed by atoms with Crippen molar-refractivity contribution in [2.75, 3.05) is 0 Å². The summed E-state index contributed by atoms with van der Waals surface area (Å²) in [4.78, 5) is 0. The summed E-state index contributed by atoms with van der Waals surface area (Å²) < 4.78 is 0. The van der Waals surface area contributed by atoms with Gasteiger partial charge in [-0.05, 0) is 24.7 Å². The van der Waals surface area contributed by atoms with Crippen molar-refractivity contribution in [2.24, 2.45) is 0 Å². The summed E-state index contributed by atoms with van der Waals surface area (Å²) in [7, 11) is 0. The zero-order valence-corrected chi connectivity index (χ0v) is 12.0. The van der Waals surface area contributed by atoms with E-state index in [1.165, 1.54) is 25.3 Å². The van der Waals surface area contributed by atoms with Gasteiger partial charge in [-0.25, -0.2) is 0 Å². The lowest BCUT2D eigenvalue weighted by Crippen LogP contribution is -2.21. The van der Waals surface area contributed by atoms with Crippen LogP contribution in [0.4, 0.5) is 0 Å². The van der Waals surface area contributed by atoms with Crippen molar-refractivity contribution in [3.8, 4) is 23.7 Å². The quantitative estimate of drug-likeness (QED) is 0.360. The molecule has 0 rings (SSSR count). The first-order valence-corrected chi connectivity index (χ1v) is 6.96. The highest BCUT2D eigenvalue weighted by Crippen LogP contribution is 2.04. The van der Waals surface area contributed by atoms with Crippen LogP contribution in [0.25, 0.3) is 0 Å². The standard InChI is InChI=1S/C17H24O3/c1-3-5-6-7-8-9-13-16(19)17(20)14-11-10-12-15(18)4-2/h4,9,13,15-20H,2-3,5-8H2,1H3/b13-9+/t15-,16+,17-/m0/s1. The maximum Gasteiger partial charge on any atom is 0.145 e. The molecule has 0 fully saturated rings. The molecule has 0 aliphatic rings. The first kappa shape index (κ1) is 18.5. The Morgan fingerprint density at radius 1 is 1.05 bits per heavy atom. The molecule has 20 heavy (non-hydrogen) atoms. The maximum atomic E-state index is 9.62. The Morgan fingerprint density at radius 3 is 2.40 bits per heavy atom. The highest BCUT2D eigenvalue weighted by Gasteiger charge is 2.08. The van der Waals surface area contributed by atoms with E-state index in [1.54, 1.807) is 6.08 Å². The minimum atomic E-state index is -1.17. The fraction of sp³-hybridized carbons (Fsp3) is 0.529. The number of unbranched alkanes of at least 4 members (excludes halogenated alkanes) is 4. The van der Waals surface area contributed by atoms with Gasteiger partial charge in [-0.3, -0.25) is 0 Å². The zero-order valence-electron chi connectivity index (χ0n) is 12.0. The van der Waals surface area contributed by atoms with Gasteiger partial charge < -0.3 is 15.3 Å². The SMILES string of the molecule is C=C[C@H](O)C#CC#C[C@H](O)[C@H](O)/C=C/CCCCCC. The van der Waals surface area contributed by atoms with E-state index in [1.807, 2.05) is 6.08 Å². The number of aliphatic hydroxyl groups is 3. The number of allylic oxidation sites excluding steroid dienone is 1. The lowest BCUT2D eigenvalue weighted by molar-refractivity contribution is 0.0868. The highest BCUT2D eigenvalue weighted by molar-refractivity contribution is 5.30. The van der Waals surface area contributed by atoms with Crippen molar-refractivity contribution in [1.82, 2.24) is 0 Å². The van der Waals surface area contributed by atoms with E-state index < -0.39 is 18.3 Å². The summed E-state index contributed by atoms with van der Waals surface area (Å²) in [5.74, 6) is 9.58. The van der Waals surface area contributed by atoms with Crippen molar-refractivity contribution in [2.45, 2.75) is 57.3 Å². The molecule has 0 aliphatic carbocycles. The predicted molar refractivity (Wildman–Crippen MR) is 81.7 cm³/mol. The van der Waals surface area contributed by atoms with E-state index in [4.69, 9.17) is 5.11 Å². The minimum absolute atomic E-state index is 0.891. The average Bonchev–Trinajstić information content (AvgIpc) is 2.46. The Morgan fingerprint density at radius 2 is 1.75 bits per heavy atom. The molecule has 0 radical (unpaired) electrons. The Bertz CT molecular complexity index is 403. The third kappa shape index (κ3) is 10.4. The summed E-state index contributed by atoms with van der Waals surface area (Å²) in [6.45, 7) is 5.52. The van der Waals surface area contributed by atoms with Gasteiger partial charge in [-0.15, -0.1) is 0 Å². The summed E-state index contributed by atoms with van der Waals surface area (Å²) >= 11 is 0. The van der Waals surface area contributed by atoms with Crippen LogP contribution in [0.2, 0.25) is 0 Å². The smallest absolute Gasteiger partial charge is 0.145 e. The Labute approximate surface area is 122 Å². The lowest BCUT2D eigenvalue weighted by atomic mass is 10.1. The first-order chi connectivity index (χ1) is 9.61. The van der Waals surface area contributed by atoms with Crippen molar-refractivity contribution in [1.29, 1.82) is 0 Å². The lowest BCUT2D eigenvalue weighted by Gasteiger charge is -2.06. The van der Waals surface area contributed by atoms with E-state index in [2.05, 4.69) is 37.2 Å². The summed E-state index contributed by atoms with van der Waals surface area (Å²) in [6, 6.07) is 0. The van der Waals surface area contributed by atoms with Crippen molar-refractivity contribution < 1.29 is 15.3 Å². The minimum Gasteiger partial charge on any atom is -0.385 e. The number of aliphatic hydroxyl groups excluding tert-OH is 3. The number of rotatable bonds is 8. The predicted octanol–water partition coefficient (Wildman–Crippen LogP) is 1.79. The second kappa shape index (κ2) is 12.5. The van der Waals surface area contributed by atoms with Gasteiger partial charge in [0.1, 0.15) is 18.3 Å². The van der Waals surface area contributed by atoms with Gasteiger partial charge >= 0.3 is 0 Å². The van der Waals surface area contributed by atoms with Crippen molar-refractivity contribution >= 4 is 0 Å². The van der Waals surface area contributed by atoms with E-state index in [9.17, 15) is 10.2 Å². The maximum absolute atomic E-state index is 9.62. The topological polar surface area (TPSA) is 60.7 Å². The molecule has 0 bridgehead atoms. The Hall–Kier alpha value is -1.52. The number of hydrogen-bond acceptors (Lipinski definition) is 3. The molecule has 0 spiro atoms. The van der Waals surface area contributed by atoms with Crippen molar-refractivity contribution in [3.05, 3.63) is 24.8 Å².